The first-order valence-electron chi connectivity index (χ1n) is 10.4. The van der Waals surface area contributed by atoms with Crippen LogP contribution in [0.1, 0.15) is 46.5 Å². The van der Waals surface area contributed by atoms with Crippen molar-refractivity contribution < 1.29 is 17.9 Å². The van der Waals surface area contributed by atoms with Gasteiger partial charge < -0.3 is 4.74 Å². The van der Waals surface area contributed by atoms with E-state index in [1.54, 1.807) is 36.4 Å². The van der Waals surface area contributed by atoms with Gasteiger partial charge in [-0.2, -0.15) is 18.4 Å². The lowest BCUT2D eigenvalue weighted by molar-refractivity contribution is 0.0308. The van der Waals surface area contributed by atoms with Gasteiger partial charge in [-0.05, 0) is 37.1 Å². The van der Waals surface area contributed by atoms with Gasteiger partial charge in [0.15, 0.2) is 0 Å². The predicted molar refractivity (Wildman–Crippen MR) is 123 cm³/mol. The summed E-state index contributed by atoms with van der Waals surface area (Å²) in [6, 6.07) is 23.2. The van der Waals surface area contributed by atoms with Crippen LogP contribution in [0.3, 0.4) is 0 Å². The zero-order valence-electron chi connectivity index (χ0n) is 17.9. The number of hydrazone groups is 1. The molecule has 1 N–H and O–H groups in total. The minimum atomic E-state index is -3.86. The molecule has 1 aliphatic heterocycles. The molecule has 2 atom stereocenters. The summed E-state index contributed by atoms with van der Waals surface area (Å²) in [7, 11) is -3.86. The lowest BCUT2D eigenvalue weighted by atomic mass is 9.85. The number of carbonyl (C=O) groups is 1. The summed E-state index contributed by atoms with van der Waals surface area (Å²) in [6.45, 7) is 3.86. The molecule has 0 spiro atoms. The van der Waals surface area contributed by atoms with E-state index < -0.39 is 16.1 Å². The Hall–Kier alpha value is -3.45. The fraction of sp³-hybridized carbons (Fsp3) is 0.200. The zero-order valence-corrected chi connectivity index (χ0v) is 18.7. The van der Waals surface area contributed by atoms with Gasteiger partial charge in [-0.1, -0.05) is 73.2 Å². The van der Waals surface area contributed by atoms with Crippen molar-refractivity contribution in [3.63, 3.8) is 0 Å². The average Bonchev–Trinajstić information content (AvgIpc) is 3.14. The maximum atomic E-state index is 12.9. The summed E-state index contributed by atoms with van der Waals surface area (Å²) < 4.78 is 31.4. The lowest BCUT2D eigenvalue weighted by Gasteiger charge is -2.24. The molecule has 0 fully saturated rings. The van der Waals surface area contributed by atoms with Gasteiger partial charge in [0.1, 0.15) is 6.10 Å². The minimum absolute atomic E-state index is 0.130. The minimum Gasteiger partial charge on any atom is -0.453 e. The lowest BCUT2D eigenvalue weighted by Crippen LogP contribution is -2.28. The molecule has 0 saturated heterocycles. The van der Waals surface area contributed by atoms with E-state index in [2.05, 4.69) is 9.93 Å². The van der Waals surface area contributed by atoms with Crippen LogP contribution in [0.15, 0.2) is 88.9 Å². The highest BCUT2D eigenvalue weighted by atomic mass is 32.2. The Morgan fingerprint density at radius 1 is 1.00 bits per heavy atom. The Bertz CT molecular complexity index is 1250. The number of nitrogens with zero attached hydrogens (tertiary/aromatic N) is 1. The first-order valence-corrected chi connectivity index (χ1v) is 11.9. The third kappa shape index (κ3) is 4.29. The van der Waals surface area contributed by atoms with E-state index >= 15 is 0 Å². The van der Waals surface area contributed by atoms with Gasteiger partial charge in [0.25, 0.3) is 10.0 Å². The normalized spacial score (nSPS) is 16.9. The van der Waals surface area contributed by atoms with Crippen LogP contribution in [0.4, 0.5) is 0 Å². The molecule has 6 nitrogen and oxygen atoms in total. The number of sulfonamides is 1. The molecular weight excluding hydrogens is 424 g/mol. The number of carbonyl (C=O) groups excluding carboxylic acids is 1. The van der Waals surface area contributed by atoms with E-state index in [4.69, 9.17) is 4.74 Å². The van der Waals surface area contributed by atoms with Crippen LogP contribution in [-0.4, -0.2) is 20.1 Å². The molecule has 0 bridgehead atoms. The highest BCUT2D eigenvalue weighted by Gasteiger charge is 2.38. The molecule has 0 radical (unpaired) electrons. The molecular formula is C25H24N2O4S. The quantitative estimate of drug-likeness (QED) is 0.325. The van der Waals surface area contributed by atoms with Crippen molar-refractivity contribution in [3.05, 3.63) is 101 Å². The second kappa shape index (κ2) is 8.96. The number of ether oxygens (including phenoxy) is 1. The first-order chi connectivity index (χ1) is 15.4. The maximum absolute atomic E-state index is 12.9. The van der Waals surface area contributed by atoms with Crippen LogP contribution in [0.25, 0.3) is 0 Å². The molecule has 0 saturated carbocycles. The van der Waals surface area contributed by atoms with E-state index in [0.29, 0.717) is 17.7 Å². The molecule has 164 valence electrons. The van der Waals surface area contributed by atoms with E-state index in [0.717, 1.165) is 16.7 Å². The van der Waals surface area contributed by atoms with Crippen molar-refractivity contribution >= 4 is 21.7 Å². The SMILES string of the molecule is CCC(/C(=N\NS(=O)(=O)c1ccc(C)cc1)c1ccccc1)C1OC(=O)c2ccccc21. The molecule has 1 heterocycles. The standard InChI is InChI=1S/C25H24N2O4S/c1-3-20(24-21-11-7-8-12-22(21)25(28)31-24)23(18-9-5-4-6-10-18)26-27-32(29,30)19-15-13-17(2)14-16-19/h4-16,20,24,27H,3H2,1-2H3/b26-23-. The number of hydrogen-bond donors (Lipinski definition) is 1. The molecule has 4 rings (SSSR count). The van der Waals surface area contributed by atoms with E-state index in [1.165, 1.54) is 0 Å². The molecule has 1 aliphatic rings. The second-order valence-electron chi connectivity index (χ2n) is 7.70. The molecule has 2 unspecified atom stereocenters. The van der Waals surface area contributed by atoms with Gasteiger partial charge in [-0.3, -0.25) is 0 Å². The fourth-order valence-electron chi connectivity index (χ4n) is 3.87. The van der Waals surface area contributed by atoms with E-state index in [9.17, 15) is 13.2 Å². The van der Waals surface area contributed by atoms with Gasteiger partial charge in [0.05, 0.1) is 16.2 Å². The maximum Gasteiger partial charge on any atom is 0.339 e. The number of nitrogens with one attached hydrogen (secondary N) is 1. The summed E-state index contributed by atoms with van der Waals surface area (Å²) in [4.78, 5) is 14.9. The zero-order chi connectivity index (χ0) is 22.7. The molecule has 3 aromatic rings. The number of cyclic esters (lactones) is 1. The van der Waals surface area contributed by atoms with Crippen LogP contribution in [0.2, 0.25) is 0 Å². The molecule has 3 aromatic carbocycles. The molecule has 7 heteroatoms. The Morgan fingerprint density at radius 2 is 1.66 bits per heavy atom. The van der Waals surface area contributed by atoms with Crippen molar-refractivity contribution in [2.45, 2.75) is 31.3 Å². The van der Waals surface area contributed by atoms with E-state index in [1.807, 2.05) is 56.3 Å². The van der Waals surface area contributed by atoms with Gasteiger partial charge >= 0.3 is 5.97 Å². The summed E-state index contributed by atoms with van der Waals surface area (Å²) in [6.07, 6.45) is 0.0400. The van der Waals surface area contributed by atoms with Crippen LogP contribution < -0.4 is 4.83 Å². The number of hydrogen-bond acceptors (Lipinski definition) is 5. The topological polar surface area (TPSA) is 84.8 Å². The van der Waals surface area contributed by atoms with Crippen LogP contribution in [0.5, 0.6) is 0 Å². The number of aryl methyl sites for hydroxylation is 1. The van der Waals surface area contributed by atoms with Crippen LogP contribution in [0, 0.1) is 12.8 Å². The summed E-state index contributed by atoms with van der Waals surface area (Å²) in [5.41, 5.74) is 3.55. The number of esters is 1. The van der Waals surface area contributed by atoms with E-state index in [-0.39, 0.29) is 16.8 Å². The van der Waals surface area contributed by atoms with Crippen molar-refractivity contribution in [3.8, 4) is 0 Å². The third-order valence-corrected chi connectivity index (χ3v) is 6.79. The highest BCUT2D eigenvalue weighted by molar-refractivity contribution is 7.89. The van der Waals surface area contributed by atoms with Crippen molar-refractivity contribution in [1.29, 1.82) is 0 Å². The van der Waals surface area contributed by atoms with Gasteiger partial charge in [0, 0.05) is 11.5 Å². The number of rotatable bonds is 7. The summed E-state index contributed by atoms with van der Waals surface area (Å²) in [5, 5.41) is 4.37. The first kappa shape index (κ1) is 21.8. The average molecular weight is 449 g/mol. The molecule has 0 amide bonds. The smallest absolute Gasteiger partial charge is 0.339 e. The summed E-state index contributed by atoms with van der Waals surface area (Å²) in [5.74, 6) is -0.720. The van der Waals surface area contributed by atoms with Crippen LogP contribution >= 0.6 is 0 Å². The molecule has 0 aliphatic carbocycles. The Kier molecular flexibility index (Phi) is 6.10. The van der Waals surface area contributed by atoms with Gasteiger partial charge in [-0.15, -0.1) is 0 Å². The Balaban J connectivity index is 1.74. The molecule has 0 aromatic heterocycles. The number of fused-ring (bicyclic) bond motifs is 1. The monoisotopic (exact) mass is 448 g/mol. The highest BCUT2D eigenvalue weighted by Crippen LogP contribution is 2.39. The largest absolute Gasteiger partial charge is 0.453 e. The second-order valence-corrected chi connectivity index (χ2v) is 9.36. The summed E-state index contributed by atoms with van der Waals surface area (Å²) >= 11 is 0. The van der Waals surface area contributed by atoms with Crippen molar-refractivity contribution in [2.24, 2.45) is 11.0 Å². The third-order valence-electron chi connectivity index (χ3n) is 5.56. The van der Waals surface area contributed by atoms with Crippen LogP contribution in [-0.2, 0) is 14.8 Å². The Morgan fingerprint density at radius 3 is 2.34 bits per heavy atom. The van der Waals surface area contributed by atoms with Gasteiger partial charge in [0.2, 0.25) is 0 Å². The predicted octanol–water partition coefficient (Wildman–Crippen LogP) is 4.62. The Labute approximate surface area is 188 Å². The van der Waals surface area contributed by atoms with Gasteiger partial charge in [-0.25, -0.2) is 4.79 Å². The van der Waals surface area contributed by atoms with Crippen molar-refractivity contribution in [2.75, 3.05) is 0 Å². The number of benzene rings is 3. The molecule has 32 heavy (non-hydrogen) atoms. The van der Waals surface area contributed by atoms with Crippen molar-refractivity contribution in [1.82, 2.24) is 4.83 Å². The fourth-order valence-corrected chi connectivity index (χ4v) is 4.69.